The Bertz CT molecular complexity index is 768. The van der Waals surface area contributed by atoms with Crippen molar-refractivity contribution in [2.75, 3.05) is 19.0 Å². The van der Waals surface area contributed by atoms with E-state index in [1.807, 2.05) is 41.8 Å². The summed E-state index contributed by atoms with van der Waals surface area (Å²) in [4.78, 5) is 15.8. The van der Waals surface area contributed by atoms with Crippen LogP contribution in [0.2, 0.25) is 0 Å². The summed E-state index contributed by atoms with van der Waals surface area (Å²) in [7, 11) is 1.62. The number of nitrogens with zero attached hydrogens (tertiary/aromatic N) is 1. The lowest BCUT2D eigenvalue weighted by molar-refractivity contribution is 0.210. The molecule has 3 aromatic rings. The number of amides is 2. The first-order chi connectivity index (χ1) is 12.2. The number of carbonyl (C=O) groups excluding carboxylic acids is 1. The highest BCUT2D eigenvalue weighted by Gasteiger charge is 2.15. The molecule has 5 nitrogen and oxygen atoms in total. The molecule has 0 fully saturated rings. The molecule has 0 unspecified atom stereocenters. The molecule has 2 heterocycles. The summed E-state index contributed by atoms with van der Waals surface area (Å²) in [6, 6.07) is 13.1. The molecule has 130 valence electrons. The fourth-order valence-electron chi connectivity index (χ4n) is 2.43. The fourth-order valence-corrected chi connectivity index (χ4v) is 3.13. The Morgan fingerprint density at radius 3 is 2.72 bits per heavy atom. The van der Waals surface area contributed by atoms with Gasteiger partial charge in [0, 0.05) is 22.7 Å². The lowest BCUT2D eigenvalue weighted by atomic mass is 10.2. The molecule has 0 atom stereocenters. The molecule has 0 saturated carbocycles. The lowest BCUT2D eigenvalue weighted by Gasteiger charge is -2.22. The third-order valence-corrected chi connectivity index (χ3v) is 4.73. The van der Waals surface area contributed by atoms with Gasteiger partial charge in [0.25, 0.3) is 0 Å². The van der Waals surface area contributed by atoms with Crippen LogP contribution in [0.15, 0.2) is 64.8 Å². The number of carbonyl (C=O) groups is 1. The van der Waals surface area contributed by atoms with Crippen LogP contribution in [0.25, 0.3) is 0 Å². The van der Waals surface area contributed by atoms with E-state index in [1.54, 1.807) is 35.9 Å². The van der Waals surface area contributed by atoms with Crippen LogP contribution >= 0.6 is 11.3 Å². The SMILES string of the molecule is COc1ccc(NC(=O)N(CCc2cccs2)Cc2ccoc2)cc1. The number of nitrogens with one attached hydrogen (secondary N) is 1. The van der Waals surface area contributed by atoms with Crippen molar-refractivity contribution in [2.45, 2.75) is 13.0 Å². The Balaban J connectivity index is 1.66. The monoisotopic (exact) mass is 356 g/mol. The topological polar surface area (TPSA) is 54.7 Å². The first-order valence-corrected chi connectivity index (χ1v) is 8.86. The van der Waals surface area contributed by atoms with Crippen LogP contribution in [0.1, 0.15) is 10.4 Å². The fraction of sp³-hybridized carbons (Fsp3) is 0.211. The van der Waals surface area contributed by atoms with Gasteiger partial charge in [0.1, 0.15) is 5.75 Å². The minimum Gasteiger partial charge on any atom is -0.497 e. The molecule has 6 heteroatoms. The van der Waals surface area contributed by atoms with Crippen molar-refractivity contribution < 1.29 is 13.9 Å². The number of benzene rings is 1. The molecule has 0 saturated heterocycles. The van der Waals surface area contributed by atoms with E-state index in [4.69, 9.17) is 9.15 Å². The average Bonchev–Trinajstić information content (AvgIpc) is 3.33. The van der Waals surface area contributed by atoms with Gasteiger partial charge in [0.15, 0.2) is 0 Å². The van der Waals surface area contributed by atoms with Gasteiger partial charge in [-0.2, -0.15) is 0 Å². The van der Waals surface area contributed by atoms with Gasteiger partial charge in [-0.1, -0.05) is 6.07 Å². The van der Waals surface area contributed by atoms with Gasteiger partial charge in [0.2, 0.25) is 0 Å². The number of hydrogen-bond donors (Lipinski definition) is 1. The van der Waals surface area contributed by atoms with Gasteiger partial charge >= 0.3 is 6.03 Å². The number of furan rings is 1. The van der Waals surface area contributed by atoms with E-state index in [-0.39, 0.29) is 6.03 Å². The average molecular weight is 356 g/mol. The Morgan fingerprint density at radius 1 is 1.24 bits per heavy atom. The standard InChI is InChI=1S/C19H20N2O3S/c1-23-17-6-4-16(5-7-17)20-19(22)21(13-15-9-11-24-14-15)10-8-18-3-2-12-25-18/h2-7,9,11-12,14H,8,10,13H2,1H3,(H,20,22). The van der Waals surface area contributed by atoms with Crippen LogP contribution in [-0.2, 0) is 13.0 Å². The Hall–Kier alpha value is -2.73. The molecule has 0 aliphatic heterocycles. The van der Waals surface area contributed by atoms with Crippen LogP contribution in [0.3, 0.4) is 0 Å². The zero-order valence-electron chi connectivity index (χ0n) is 14.0. The number of urea groups is 1. The highest BCUT2D eigenvalue weighted by Crippen LogP contribution is 2.17. The minimum atomic E-state index is -0.136. The van der Waals surface area contributed by atoms with E-state index < -0.39 is 0 Å². The maximum atomic E-state index is 12.7. The highest BCUT2D eigenvalue weighted by molar-refractivity contribution is 7.09. The van der Waals surface area contributed by atoms with Crippen LogP contribution in [-0.4, -0.2) is 24.6 Å². The number of thiophene rings is 1. The van der Waals surface area contributed by atoms with E-state index >= 15 is 0 Å². The summed E-state index contributed by atoms with van der Waals surface area (Å²) in [5.74, 6) is 0.756. The maximum Gasteiger partial charge on any atom is 0.322 e. The first kappa shape index (κ1) is 17.1. The van der Waals surface area contributed by atoms with Crippen LogP contribution in [0.5, 0.6) is 5.75 Å². The number of rotatable bonds is 7. The molecule has 1 N–H and O–H groups in total. The summed E-state index contributed by atoms with van der Waals surface area (Å²) in [5.41, 5.74) is 1.70. The largest absolute Gasteiger partial charge is 0.497 e. The number of ether oxygens (including phenoxy) is 1. The van der Waals surface area contributed by atoms with Crippen molar-refractivity contribution in [3.05, 3.63) is 70.8 Å². The normalized spacial score (nSPS) is 10.4. The minimum absolute atomic E-state index is 0.136. The smallest absolute Gasteiger partial charge is 0.322 e. The summed E-state index contributed by atoms with van der Waals surface area (Å²) in [5, 5.41) is 4.99. The Labute approximate surface area is 150 Å². The van der Waals surface area contributed by atoms with Crippen LogP contribution < -0.4 is 10.1 Å². The van der Waals surface area contributed by atoms with E-state index in [0.717, 1.165) is 23.4 Å². The van der Waals surface area contributed by atoms with Crippen LogP contribution in [0.4, 0.5) is 10.5 Å². The maximum absolute atomic E-state index is 12.7. The van der Waals surface area contributed by atoms with Crippen molar-refractivity contribution in [2.24, 2.45) is 0 Å². The summed E-state index contributed by atoms with van der Waals surface area (Å²) in [6.45, 7) is 1.14. The third kappa shape index (κ3) is 4.87. The van der Waals surface area contributed by atoms with Crippen molar-refractivity contribution >= 4 is 23.1 Å². The van der Waals surface area contributed by atoms with Gasteiger partial charge < -0.3 is 19.4 Å². The molecule has 2 aromatic heterocycles. The second-order valence-corrected chi connectivity index (χ2v) is 6.57. The molecule has 0 aliphatic carbocycles. The molecular formula is C19H20N2O3S. The molecule has 0 spiro atoms. The first-order valence-electron chi connectivity index (χ1n) is 7.98. The molecular weight excluding hydrogens is 336 g/mol. The van der Waals surface area contributed by atoms with Crippen molar-refractivity contribution in [1.29, 1.82) is 0 Å². The highest BCUT2D eigenvalue weighted by atomic mass is 32.1. The number of hydrogen-bond acceptors (Lipinski definition) is 4. The van der Waals surface area contributed by atoms with Crippen molar-refractivity contribution in [3.8, 4) is 5.75 Å². The predicted molar refractivity (Wildman–Crippen MR) is 99.2 cm³/mol. The zero-order chi connectivity index (χ0) is 17.5. The van der Waals surface area contributed by atoms with Gasteiger partial charge in [-0.15, -0.1) is 11.3 Å². The van der Waals surface area contributed by atoms with Crippen molar-refractivity contribution in [3.63, 3.8) is 0 Å². The molecule has 0 aliphatic rings. The number of anilines is 1. The van der Waals surface area contributed by atoms with Gasteiger partial charge in [-0.05, 0) is 48.2 Å². The molecule has 25 heavy (non-hydrogen) atoms. The summed E-state index contributed by atoms with van der Waals surface area (Å²) < 4.78 is 10.3. The Kier molecular flexibility index (Phi) is 5.74. The second-order valence-electron chi connectivity index (χ2n) is 5.54. The Morgan fingerprint density at radius 2 is 2.08 bits per heavy atom. The molecule has 3 rings (SSSR count). The van der Waals surface area contributed by atoms with E-state index in [9.17, 15) is 4.79 Å². The van der Waals surface area contributed by atoms with E-state index in [2.05, 4.69) is 11.4 Å². The molecule has 0 bridgehead atoms. The summed E-state index contributed by atoms with van der Waals surface area (Å²) >= 11 is 1.70. The number of methoxy groups -OCH3 is 1. The van der Waals surface area contributed by atoms with Gasteiger partial charge in [-0.25, -0.2) is 4.79 Å². The molecule has 2 amide bonds. The molecule has 0 radical (unpaired) electrons. The second kappa shape index (κ2) is 8.39. The van der Waals surface area contributed by atoms with Crippen molar-refractivity contribution in [1.82, 2.24) is 4.90 Å². The van der Waals surface area contributed by atoms with E-state index in [1.165, 1.54) is 4.88 Å². The lowest BCUT2D eigenvalue weighted by Crippen LogP contribution is -2.35. The zero-order valence-corrected chi connectivity index (χ0v) is 14.8. The summed E-state index contributed by atoms with van der Waals surface area (Å²) in [6.07, 6.45) is 4.11. The van der Waals surface area contributed by atoms with E-state index in [0.29, 0.717) is 13.1 Å². The molecule has 1 aromatic carbocycles. The third-order valence-electron chi connectivity index (χ3n) is 3.79. The quantitative estimate of drug-likeness (QED) is 0.672. The van der Waals surface area contributed by atoms with Crippen LogP contribution in [0, 0.1) is 0 Å². The predicted octanol–water partition coefficient (Wildman–Crippen LogP) is 4.63. The van der Waals surface area contributed by atoms with Gasteiger partial charge in [0.05, 0.1) is 26.2 Å². The van der Waals surface area contributed by atoms with Gasteiger partial charge in [-0.3, -0.25) is 0 Å².